The Balaban J connectivity index is 0.000000243. The van der Waals surface area contributed by atoms with Crippen LogP contribution >= 0.6 is 31.9 Å². The molecule has 2 rings (SSSR count). The van der Waals surface area contributed by atoms with E-state index in [9.17, 15) is 0 Å². The molecule has 0 amide bonds. The summed E-state index contributed by atoms with van der Waals surface area (Å²) in [4.78, 5) is 2.26. The maximum absolute atomic E-state index is 3.90. The first kappa shape index (κ1) is 20.8. The van der Waals surface area contributed by atoms with Crippen molar-refractivity contribution in [2.24, 2.45) is 0 Å². The van der Waals surface area contributed by atoms with Crippen molar-refractivity contribution in [3.05, 3.63) is 33.7 Å². The minimum absolute atomic E-state index is 0.422. The lowest BCUT2D eigenvalue weighted by Crippen LogP contribution is -2.30. The molecule has 2 heterocycles. The third-order valence-corrected chi connectivity index (χ3v) is 3.76. The summed E-state index contributed by atoms with van der Waals surface area (Å²) in [6.45, 7) is 11.6. The first-order chi connectivity index (χ1) is 11.3. The van der Waals surface area contributed by atoms with Gasteiger partial charge in [0.1, 0.15) is 9.21 Å². The number of anilines is 2. The van der Waals surface area contributed by atoms with Crippen molar-refractivity contribution in [1.29, 1.82) is 0 Å². The average molecular weight is 460 g/mol. The Bertz CT molecular complexity index is 621. The molecule has 0 aliphatic carbocycles. The first-order valence-electron chi connectivity index (χ1n) is 7.83. The fraction of sp³-hybridized carbons (Fsp3) is 0.500. The van der Waals surface area contributed by atoms with Crippen LogP contribution in [-0.4, -0.2) is 39.0 Å². The molecule has 0 atom stereocenters. The molecular weight excluding hydrogens is 436 g/mol. The van der Waals surface area contributed by atoms with E-state index in [4.69, 9.17) is 0 Å². The third kappa shape index (κ3) is 7.53. The first-order valence-corrected chi connectivity index (χ1v) is 9.41. The lowest BCUT2D eigenvalue weighted by Gasteiger charge is -2.26. The van der Waals surface area contributed by atoms with Crippen molar-refractivity contribution in [2.45, 2.75) is 46.7 Å². The standard InChI is InChI=1S/C9H14BrN3.C7H10BrN3/c1-4-13(7(2)3)8-5-9(10)12-11-6-8;1-5(2)10-6-3-7(8)11-9-4-6/h5-7H,4H2,1-3H3;3-5H,1-2H3,(H,10,11). The second-order valence-electron chi connectivity index (χ2n) is 5.68. The van der Waals surface area contributed by atoms with Crippen molar-refractivity contribution < 1.29 is 0 Å². The molecule has 1 N–H and O–H groups in total. The van der Waals surface area contributed by atoms with E-state index in [1.807, 2.05) is 12.1 Å². The molecule has 0 aromatic carbocycles. The minimum atomic E-state index is 0.422. The van der Waals surface area contributed by atoms with Gasteiger partial charge in [0.15, 0.2) is 0 Å². The molecule has 0 unspecified atom stereocenters. The summed E-state index contributed by atoms with van der Waals surface area (Å²) in [5.41, 5.74) is 2.10. The third-order valence-electron chi connectivity index (χ3n) is 2.99. The van der Waals surface area contributed by atoms with Gasteiger partial charge in [-0.25, -0.2) is 0 Å². The van der Waals surface area contributed by atoms with Crippen LogP contribution in [0.15, 0.2) is 33.7 Å². The molecule has 0 aliphatic heterocycles. The number of rotatable bonds is 5. The number of nitrogens with one attached hydrogen (secondary N) is 1. The number of nitrogens with zero attached hydrogens (tertiary/aromatic N) is 5. The van der Waals surface area contributed by atoms with Gasteiger partial charge in [0.2, 0.25) is 0 Å². The summed E-state index contributed by atoms with van der Waals surface area (Å²) >= 11 is 6.55. The maximum Gasteiger partial charge on any atom is 0.130 e. The second-order valence-corrected chi connectivity index (χ2v) is 7.31. The van der Waals surface area contributed by atoms with Crippen LogP contribution in [0.2, 0.25) is 0 Å². The van der Waals surface area contributed by atoms with Crippen LogP contribution in [0.25, 0.3) is 0 Å². The Hall–Kier alpha value is -1.28. The summed E-state index contributed by atoms with van der Waals surface area (Å²) in [6, 6.07) is 4.79. The monoisotopic (exact) mass is 458 g/mol. The number of halogens is 2. The molecule has 0 aliphatic rings. The lowest BCUT2D eigenvalue weighted by molar-refractivity contribution is 0.699. The highest BCUT2D eigenvalue weighted by molar-refractivity contribution is 9.10. The average Bonchev–Trinajstić information content (AvgIpc) is 2.47. The Morgan fingerprint density at radius 3 is 2.04 bits per heavy atom. The predicted molar refractivity (Wildman–Crippen MR) is 106 cm³/mol. The molecule has 2 aromatic heterocycles. The Labute approximate surface area is 160 Å². The summed E-state index contributed by atoms with van der Waals surface area (Å²) in [6.07, 6.45) is 3.49. The summed E-state index contributed by atoms with van der Waals surface area (Å²) < 4.78 is 1.53. The van der Waals surface area contributed by atoms with Crippen LogP contribution in [0, 0.1) is 0 Å². The highest BCUT2D eigenvalue weighted by Gasteiger charge is 2.08. The van der Waals surface area contributed by atoms with Crippen LogP contribution in [0.4, 0.5) is 11.4 Å². The van der Waals surface area contributed by atoms with E-state index < -0.39 is 0 Å². The van der Waals surface area contributed by atoms with E-state index in [0.29, 0.717) is 12.1 Å². The molecular formula is C16H24Br2N6. The van der Waals surface area contributed by atoms with Crippen LogP contribution in [0.1, 0.15) is 34.6 Å². The molecule has 0 bridgehead atoms. The number of hydrogen-bond acceptors (Lipinski definition) is 6. The van der Waals surface area contributed by atoms with Crippen molar-refractivity contribution in [3.8, 4) is 0 Å². The van der Waals surface area contributed by atoms with Crippen LogP contribution in [-0.2, 0) is 0 Å². The van der Waals surface area contributed by atoms with Crippen molar-refractivity contribution >= 4 is 43.2 Å². The maximum atomic E-state index is 3.90. The van der Waals surface area contributed by atoms with E-state index in [-0.39, 0.29) is 0 Å². The van der Waals surface area contributed by atoms with E-state index in [1.54, 1.807) is 12.4 Å². The normalized spacial score (nSPS) is 10.4. The number of hydrogen-bond donors (Lipinski definition) is 1. The smallest absolute Gasteiger partial charge is 0.130 e. The van der Waals surface area contributed by atoms with Gasteiger partial charge < -0.3 is 10.2 Å². The zero-order valence-electron chi connectivity index (χ0n) is 14.7. The topological polar surface area (TPSA) is 66.8 Å². The molecule has 0 saturated heterocycles. The molecule has 0 fully saturated rings. The van der Waals surface area contributed by atoms with Gasteiger partial charge in [-0.1, -0.05) is 0 Å². The molecule has 0 spiro atoms. The van der Waals surface area contributed by atoms with E-state index in [2.05, 4.69) is 97.1 Å². The highest BCUT2D eigenvalue weighted by atomic mass is 79.9. The van der Waals surface area contributed by atoms with E-state index in [0.717, 1.165) is 27.1 Å². The Morgan fingerprint density at radius 2 is 1.58 bits per heavy atom. The molecule has 132 valence electrons. The van der Waals surface area contributed by atoms with Gasteiger partial charge in [-0.15, -0.1) is 10.2 Å². The van der Waals surface area contributed by atoms with Crippen molar-refractivity contribution in [2.75, 3.05) is 16.8 Å². The van der Waals surface area contributed by atoms with Crippen molar-refractivity contribution in [1.82, 2.24) is 20.4 Å². The zero-order valence-corrected chi connectivity index (χ0v) is 17.8. The summed E-state index contributed by atoms with van der Waals surface area (Å²) in [5, 5.41) is 18.5. The summed E-state index contributed by atoms with van der Waals surface area (Å²) in [7, 11) is 0. The molecule has 8 heteroatoms. The minimum Gasteiger partial charge on any atom is -0.381 e. The zero-order chi connectivity index (χ0) is 18.1. The van der Waals surface area contributed by atoms with Crippen molar-refractivity contribution in [3.63, 3.8) is 0 Å². The molecule has 2 aromatic rings. The molecule has 0 saturated carbocycles. The SMILES string of the molecule is CC(C)Nc1cnnc(Br)c1.CCN(c1cnnc(Br)c1)C(C)C. The highest BCUT2D eigenvalue weighted by Crippen LogP contribution is 2.18. The largest absolute Gasteiger partial charge is 0.381 e. The lowest BCUT2D eigenvalue weighted by atomic mass is 10.3. The van der Waals surface area contributed by atoms with Gasteiger partial charge in [0.05, 0.1) is 23.8 Å². The predicted octanol–water partition coefficient (Wildman–Crippen LogP) is 4.53. The Kier molecular flexibility index (Phi) is 9.13. The van der Waals surface area contributed by atoms with Gasteiger partial charge in [-0.05, 0) is 78.6 Å². The second kappa shape index (κ2) is 10.6. The quantitative estimate of drug-likeness (QED) is 0.708. The van der Waals surface area contributed by atoms with Gasteiger partial charge >= 0.3 is 0 Å². The van der Waals surface area contributed by atoms with Gasteiger partial charge in [-0.2, -0.15) is 10.2 Å². The Morgan fingerprint density at radius 1 is 1.00 bits per heavy atom. The van der Waals surface area contributed by atoms with E-state index in [1.165, 1.54) is 0 Å². The number of aromatic nitrogens is 4. The van der Waals surface area contributed by atoms with Gasteiger partial charge in [0.25, 0.3) is 0 Å². The van der Waals surface area contributed by atoms with Crippen LogP contribution < -0.4 is 10.2 Å². The van der Waals surface area contributed by atoms with Gasteiger partial charge in [0, 0.05) is 18.6 Å². The van der Waals surface area contributed by atoms with Gasteiger partial charge in [-0.3, -0.25) is 0 Å². The van der Waals surface area contributed by atoms with Crippen LogP contribution in [0.3, 0.4) is 0 Å². The van der Waals surface area contributed by atoms with Crippen LogP contribution in [0.5, 0.6) is 0 Å². The fourth-order valence-electron chi connectivity index (χ4n) is 2.09. The fourth-order valence-corrected chi connectivity index (χ4v) is 2.75. The molecule has 24 heavy (non-hydrogen) atoms. The molecule has 0 radical (unpaired) electrons. The van der Waals surface area contributed by atoms with E-state index >= 15 is 0 Å². The summed E-state index contributed by atoms with van der Waals surface area (Å²) in [5.74, 6) is 0. The molecule has 6 nitrogen and oxygen atoms in total.